The van der Waals surface area contributed by atoms with Gasteiger partial charge < -0.3 is 0 Å². The average molecular weight is 125 g/mol. The molecule has 0 heteroatoms. The van der Waals surface area contributed by atoms with E-state index in [0.717, 1.165) is 11.8 Å². The van der Waals surface area contributed by atoms with Crippen LogP contribution in [0, 0.1) is 23.7 Å². The third-order valence-corrected chi connectivity index (χ3v) is 3.29. The van der Waals surface area contributed by atoms with E-state index < -0.39 is 0 Å². The fourth-order valence-corrected chi connectivity index (χ4v) is 1.46. The molecule has 1 saturated carbocycles. The number of hydrogen-bond acceptors (Lipinski definition) is 0. The molecule has 2 unspecified atom stereocenters. The molecular weight excluding hydrogens is 108 g/mol. The zero-order chi connectivity index (χ0) is 7.07. The Morgan fingerprint density at radius 2 is 1.89 bits per heavy atom. The van der Waals surface area contributed by atoms with E-state index in [4.69, 9.17) is 0 Å². The van der Waals surface area contributed by atoms with Crippen LogP contribution in [-0.2, 0) is 0 Å². The molecule has 0 amide bonds. The maximum Gasteiger partial charge on any atom is -0.0300 e. The van der Waals surface area contributed by atoms with Crippen molar-refractivity contribution in [2.75, 3.05) is 0 Å². The number of hydrogen-bond donors (Lipinski definition) is 0. The van der Waals surface area contributed by atoms with Crippen molar-refractivity contribution in [3.8, 4) is 0 Å². The molecule has 0 saturated heterocycles. The summed E-state index contributed by atoms with van der Waals surface area (Å²) in [6, 6.07) is 0. The minimum Gasteiger partial charge on any atom is -0.0620 e. The molecular formula is C9H17. The van der Waals surface area contributed by atoms with E-state index in [-0.39, 0.29) is 0 Å². The van der Waals surface area contributed by atoms with Gasteiger partial charge in [0.25, 0.3) is 0 Å². The highest BCUT2D eigenvalue weighted by Gasteiger charge is 2.37. The first-order chi connectivity index (χ1) is 4.05. The van der Waals surface area contributed by atoms with Gasteiger partial charge in [0.2, 0.25) is 0 Å². The molecule has 1 fully saturated rings. The molecule has 0 aromatic heterocycles. The zero-order valence-corrected chi connectivity index (χ0v) is 6.94. The van der Waals surface area contributed by atoms with Crippen LogP contribution in [0.1, 0.15) is 34.1 Å². The van der Waals surface area contributed by atoms with Crippen LogP contribution < -0.4 is 0 Å². The molecule has 2 atom stereocenters. The third-order valence-electron chi connectivity index (χ3n) is 3.29. The Labute approximate surface area is 58.7 Å². The predicted octanol–water partition coefficient (Wildman–Crippen LogP) is 2.89. The summed E-state index contributed by atoms with van der Waals surface area (Å²) in [5.74, 6) is 1.69. The van der Waals surface area contributed by atoms with Crippen molar-refractivity contribution < 1.29 is 0 Å². The van der Waals surface area contributed by atoms with Crippen LogP contribution >= 0.6 is 0 Å². The summed E-state index contributed by atoms with van der Waals surface area (Å²) in [5, 5.41) is 0. The molecule has 1 aliphatic rings. The van der Waals surface area contributed by atoms with Gasteiger partial charge in [0.15, 0.2) is 0 Å². The second-order valence-electron chi connectivity index (χ2n) is 3.98. The summed E-state index contributed by atoms with van der Waals surface area (Å²) in [5.41, 5.74) is 0.556. The first kappa shape index (κ1) is 7.11. The summed E-state index contributed by atoms with van der Waals surface area (Å²) >= 11 is 0. The van der Waals surface area contributed by atoms with E-state index in [0.29, 0.717) is 5.41 Å². The van der Waals surface area contributed by atoms with Gasteiger partial charge in [-0.25, -0.2) is 0 Å². The Hall–Kier alpha value is 0. The maximum absolute atomic E-state index is 2.45. The molecule has 0 nitrogen and oxygen atoms in total. The standard InChI is InChI=1S/C9H17/c1-7-5-6-8(2)9(7,3)4/h5,7-8H,6H2,1-4H3. The van der Waals surface area contributed by atoms with Crippen LogP contribution in [0.5, 0.6) is 0 Å². The van der Waals surface area contributed by atoms with Crippen LogP contribution in [-0.4, -0.2) is 0 Å². The molecule has 1 aliphatic carbocycles. The Bertz CT molecular complexity index is 90.6. The lowest BCUT2D eigenvalue weighted by atomic mass is 9.77. The molecule has 0 spiro atoms. The first-order valence-electron chi connectivity index (χ1n) is 3.88. The topological polar surface area (TPSA) is 0 Å². The van der Waals surface area contributed by atoms with Crippen LogP contribution in [0.15, 0.2) is 0 Å². The fourth-order valence-electron chi connectivity index (χ4n) is 1.46. The molecule has 0 aliphatic heterocycles. The van der Waals surface area contributed by atoms with Gasteiger partial charge in [-0.3, -0.25) is 0 Å². The molecule has 0 heterocycles. The van der Waals surface area contributed by atoms with E-state index in [1.165, 1.54) is 6.42 Å². The lowest BCUT2D eigenvalue weighted by Crippen LogP contribution is -2.20. The normalized spacial score (nSPS) is 41.3. The van der Waals surface area contributed by atoms with Gasteiger partial charge in [-0.2, -0.15) is 0 Å². The molecule has 0 bridgehead atoms. The third kappa shape index (κ3) is 0.997. The molecule has 9 heavy (non-hydrogen) atoms. The quantitative estimate of drug-likeness (QED) is 0.467. The summed E-state index contributed by atoms with van der Waals surface area (Å²) in [6.45, 7) is 9.40. The van der Waals surface area contributed by atoms with E-state index in [1.54, 1.807) is 0 Å². The second-order valence-corrected chi connectivity index (χ2v) is 3.98. The average Bonchev–Trinajstić information content (AvgIpc) is 1.96. The molecule has 1 radical (unpaired) electrons. The van der Waals surface area contributed by atoms with Crippen LogP contribution in [0.4, 0.5) is 0 Å². The Balaban J connectivity index is 2.66. The van der Waals surface area contributed by atoms with Gasteiger partial charge in [0, 0.05) is 0 Å². The van der Waals surface area contributed by atoms with Gasteiger partial charge >= 0.3 is 0 Å². The Morgan fingerprint density at radius 3 is 2.00 bits per heavy atom. The van der Waals surface area contributed by atoms with Crippen LogP contribution in [0.2, 0.25) is 0 Å². The highest BCUT2D eigenvalue weighted by atomic mass is 14.4. The van der Waals surface area contributed by atoms with E-state index >= 15 is 0 Å². The van der Waals surface area contributed by atoms with E-state index in [2.05, 4.69) is 34.1 Å². The van der Waals surface area contributed by atoms with Crippen molar-refractivity contribution in [1.29, 1.82) is 0 Å². The van der Waals surface area contributed by atoms with E-state index in [1.807, 2.05) is 0 Å². The molecule has 0 N–H and O–H groups in total. The van der Waals surface area contributed by atoms with Crippen LogP contribution in [0.25, 0.3) is 0 Å². The largest absolute Gasteiger partial charge is 0.0620 e. The van der Waals surface area contributed by atoms with E-state index in [9.17, 15) is 0 Å². The van der Waals surface area contributed by atoms with Gasteiger partial charge in [-0.05, 0) is 30.1 Å². The zero-order valence-electron chi connectivity index (χ0n) is 6.94. The summed E-state index contributed by atoms with van der Waals surface area (Å²) < 4.78 is 0. The molecule has 0 aromatic rings. The minimum absolute atomic E-state index is 0.556. The fraction of sp³-hybridized carbons (Fsp3) is 0.889. The molecule has 1 rings (SSSR count). The van der Waals surface area contributed by atoms with Gasteiger partial charge in [-0.1, -0.05) is 27.7 Å². The lowest BCUT2D eigenvalue weighted by molar-refractivity contribution is 0.220. The van der Waals surface area contributed by atoms with Crippen molar-refractivity contribution in [1.82, 2.24) is 0 Å². The van der Waals surface area contributed by atoms with Gasteiger partial charge in [0.1, 0.15) is 0 Å². The summed E-state index contributed by atoms with van der Waals surface area (Å²) in [7, 11) is 0. The predicted molar refractivity (Wildman–Crippen MR) is 41.0 cm³/mol. The summed E-state index contributed by atoms with van der Waals surface area (Å²) in [4.78, 5) is 0. The lowest BCUT2D eigenvalue weighted by Gasteiger charge is -2.28. The van der Waals surface area contributed by atoms with Crippen molar-refractivity contribution in [2.24, 2.45) is 17.3 Å². The van der Waals surface area contributed by atoms with Crippen molar-refractivity contribution in [3.05, 3.63) is 6.42 Å². The maximum atomic E-state index is 2.45. The van der Waals surface area contributed by atoms with Crippen molar-refractivity contribution in [3.63, 3.8) is 0 Å². The van der Waals surface area contributed by atoms with Crippen LogP contribution in [0.3, 0.4) is 0 Å². The smallest absolute Gasteiger partial charge is 0.0300 e. The molecule has 53 valence electrons. The van der Waals surface area contributed by atoms with Crippen molar-refractivity contribution >= 4 is 0 Å². The summed E-state index contributed by atoms with van der Waals surface area (Å²) in [6.07, 6.45) is 3.76. The van der Waals surface area contributed by atoms with Gasteiger partial charge in [0.05, 0.1) is 0 Å². The SMILES string of the molecule is CC1[CH]CC(C)C1(C)C. The first-order valence-corrected chi connectivity index (χ1v) is 3.88. The molecule has 0 aromatic carbocycles. The number of rotatable bonds is 0. The second kappa shape index (κ2) is 2.00. The highest BCUT2D eigenvalue weighted by Crippen LogP contribution is 2.45. The monoisotopic (exact) mass is 125 g/mol. The Kier molecular flexibility index (Phi) is 1.58. The van der Waals surface area contributed by atoms with Gasteiger partial charge in [-0.15, -0.1) is 0 Å². The van der Waals surface area contributed by atoms with Crippen molar-refractivity contribution in [2.45, 2.75) is 34.1 Å². The minimum atomic E-state index is 0.556. The Morgan fingerprint density at radius 1 is 1.33 bits per heavy atom. The highest BCUT2D eigenvalue weighted by molar-refractivity contribution is 4.97.